The van der Waals surface area contributed by atoms with Crippen LogP contribution in [0.15, 0.2) is 217 Å². The first-order valence-electron chi connectivity index (χ1n) is 20.9. The van der Waals surface area contributed by atoms with Crippen LogP contribution in [0.25, 0.3) is 55.3 Å². The van der Waals surface area contributed by atoms with E-state index in [1.165, 1.54) is 55.6 Å². The highest BCUT2D eigenvalue weighted by Crippen LogP contribution is 2.57. The van der Waals surface area contributed by atoms with Crippen molar-refractivity contribution in [3.63, 3.8) is 0 Å². The molecule has 1 heterocycles. The van der Waals surface area contributed by atoms with Crippen LogP contribution in [0.2, 0.25) is 0 Å². The zero-order valence-corrected chi connectivity index (χ0v) is 33.6. The topological polar surface area (TPSA) is 16.4 Å². The van der Waals surface area contributed by atoms with Gasteiger partial charge in [-0.3, -0.25) is 0 Å². The third-order valence-electron chi connectivity index (χ3n) is 13.4. The number of para-hydroxylation sites is 1. The van der Waals surface area contributed by atoms with Crippen LogP contribution in [0.4, 0.5) is 17.1 Å². The molecule has 2 nitrogen and oxygen atoms in total. The van der Waals surface area contributed by atoms with Crippen molar-refractivity contribution in [3.8, 4) is 33.4 Å². The molecular formula is C58H41NO. The molecular weight excluding hydrogens is 727 g/mol. The Hall–Kier alpha value is -7.42. The van der Waals surface area contributed by atoms with Gasteiger partial charge in [-0.2, -0.15) is 0 Å². The quantitative estimate of drug-likeness (QED) is 0.168. The number of hydrogen-bond donors (Lipinski definition) is 0. The van der Waals surface area contributed by atoms with Crippen LogP contribution in [0.5, 0.6) is 0 Å². The van der Waals surface area contributed by atoms with Gasteiger partial charge < -0.3 is 9.32 Å². The Bertz CT molecular complexity index is 3240. The second-order valence-electron chi connectivity index (χ2n) is 16.8. The van der Waals surface area contributed by atoms with E-state index in [4.69, 9.17) is 4.42 Å². The second kappa shape index (κ2) is 13.0. The van der Waals surface area contributed by atoms with Crippen molar-refractivity contribution in [3.05, 3.63) is 246 Å². The summed E-state index contributed by atoms with van der Waals surface area (Å²) in [5.41, 5.74) is 20.0. The van der Waals surface area contributed by atoms with Crippen molar-refractivity contribution in [1.82, 2.24) is 0 Å². The van der Waals surface area contributed by atoms with Gasteiger partial charge in [-0.25, -0.2) is 0 Å². The Morgan fingerprint density at radius 3 is 1.63 bits per heavy atom. The van der Waals surface area contributed by atoms with Crippen LogP contribution in [0, 0.1) is 0 Å². The van der Waals surface area contributed by atoms with Crippen LogP contribution < -0.4 is 4.90 Å². The third kappa shape index (κ3) is 4.94. The molecule has 0 radical (unpaired) electrons. The summed E-state index contributed by atoms with van der Waals surface area (Å²) in [6, 6.07) is 78.1. The lowest BCUT2D eigenvalue weighted by Gasteiger charge is -2.34. The largest absolute Gasteiger partial charge is 0.456 e. The van der Waals surface area contributed by atoms with Gasteiger partial charge in [0, 0.05) is 33.2 Å². The summed E-state index contributed by atoms with van der Waals surface area (Å²) in [6.45, 7) is 4.72. The lowest BCUT2D eigenvalue weighted by Crippen LogP contribution is -2.28. The molecule has 0 atom stereocenters. The van der Waals surface area contributed by atoms with Crippen LogP contribution >= 0.6 is 0 Å². The summed E-state index contributed by atoms with van der Waals surface area (Å²) in [5, 5.41) is 2.27. The monoisotopic (exact) mass is 767 g/mol. The molecule has 60 heavy (non-hydrogen) atoms. The fourth-order valence-corrected chi connectivity index (χ4v) is 10.6. The number of furan rings is 1. The van der Waals surface area contributed by atoms with E-state index >= 15 is 0 Å². The van der Waals surface area contributed by atoms with Gasteiger partial charge in [-0.05, 0) is 121 Å². The van der Waals surface area contributed by atoms with Crippen molar-refractivity contribution >= 4 is 39.0 Å². The zero-order chi connectivity index (χ0) is 40.0. The molecule has 2 aliphatic rings. The molecule has 12 rings (SSSR count). The van der Waals surface area contributed by atoms with Gasteiger partial charge in [-0.1, -0.05) is 172 Å². The molecule has 0 saturated heterocycles. The van der Waals surface area contributed by atoms with Crippen LogP contribution in [0.3, 0.4) is 0 Å². The molecule has 9 aromatic carbocycles. The van der Waals surface area contributed by atoms with Gasteiger partial charge >= 0.3 is 0 Å². The fraction of sp³-hybridized carbons (Fsp3) is 0.0690. The second-order valence-corrected chi connectivity index (χ2v) is 16.8. The van der Waals surface area contributed by atoms with Crippen molar-refractivity contribution in [2.75, 3.05) is 4.90 Å². The molecule has 0 saturated carbocycles. The number of anilines is 3. The molecule has 2 aliphatic carbocycles. The van der Waals surface area contributed by atoms with Gasteiger partial charge in [-0.15, -0.1) is 0 Å². The Kier molecular flexibility index (Phi) is 7.52. The number of nitrogens with zero attached hydrogens (tertiary/aromatic N) is 1. The number of hydrogen-bond acceptors (Lipinski definition) is 2. The highest BCUT2D eigenvalue weighted by atomic mass is 16.3. The fourth-order valence-electron chi connectivity index (χ4n) is 10.6. The summed E-state index contributed by atoms with van der Waals surface area (Å²) in [4.78, 5) is 2.45. The Labute approximate surface area is 350 Å². The first-order valence-corrected chi connectivity index (χ1v) is 20.9. The normalized spacial score (nSPS) is 14.1. The minimum Gasteiger partial charge on any atom is -0.456 e. The minimum absolute atomic E-state index is 0.130. The van der Waals surface area contributed by atoms with E-state index < -0.39 is 5.41 Å². The zero-order valence-electron chi connectivity index (χ0n) is 33.6. The Balaban J connectivity index is 1.04. The summed E-state index contributed by atoms with van der Waals surface area (Å²) in [7, 11) is 0. The van der Waals surface area contributed by atoms with E-state index in [1.807, 2.05) is 12.1 Å². The van der Waals surface area contributed by atoms with E-state index in [1.54, 1.807) is 0 Å². The van der Waals surface area contributed by atoms with Gasteiger partial charge in [0.25, 0.3) is 0 Å². The molecule has 0 N–H and O–H groups in total. The summed E-state index contributed by atoms with van der Waals surface area (Å²) in [5.74, 6) is 0. The van der Waals surface area contributed by atoms with E-state index in [2.05, 4.69) is 219 Å². The summed E-state index contributed by atoms with van der Waals surface area (Å²) >= 11 is 0. The predicted octanol–water partition coefficient (Wildman–Crippen LogP) is 15.4. The van der Waals surface area contributed by atoms with Crippen molar-refractivity contribution < 1.29 is 4.42 Å². The number of benzene rings is 9. The molecule has 1 aromatic heterocycles. The minimum atomic E-state index is -0.454. The SMILES string of the molecule is CC1(C)c2ccccc2-c2ccc(N(c3ccc(-c4ccc5oc6ccccc6c5c4)cc3)c3ccc4c(c3)-c3ccccc3C4(c3ccccc3)c3ccccc3)cc21. The highest BCUT2D eigenvalue weighted by Gasteiger charge is 2.46. The van der Waals surface area contributed by atoms with E-state index in [0.717, 1.165) is 50.1 Å². The number of rotatable bonds is 6. The van der Waals surface area contributed by atoms with Gasteiger partial charge in [0.1, 0.15) is 11.2 Å². The van der Waals surface area contributed by atoms with Gasteiger partial charge in [0.15, 0.2) is 0 Å². The lowest BCUT2D eigenvalue weighted by molar-refractivity contribution is 0.660. The highest BCUT2D eigenvalue weighted by molar-refractivity contribution is 6.06. The van der Waals surface area contributed by atoms with E-state index in [-0.39, 0.29) is 5.41 Å². The van der Waals surface area contributed by atoms with Gasteiger partial charge in [0.05, 0.1) is 5.41 Å². The van der Waals surface area contributed by atoms with Crippen LogP contribution in [-0.2, 0) is 10.8 Å². The molecule has 284 valence electrons. The first-order chi connectivity index (χ1) is 29.5. The Morgan fingerprint density at radius 2 is 0.883 bits per heavy atom. The maximum absolute atomic E-state index is 6.17. The van der Waals surface area contributed by atoms with E-state index in [9.17, 15) is 0 Å². The standard InChI is InChI=1S/C58H41NO/c1-57(2)51-22-12-9-19-45(51)47-32-30-44(37-54(47)57)59(42-28-25-38(26-29-42)39-27-34-56-50(35-39)48-21-11-14-24-55(48)60-56)43-31-33-53-49(36-43)46-20-10-13-23-52(46)58(53,40-15-5-3-6-16-40)41-17-7-4-8-18-41/h3-37H,1-2H3. The van der Waals surface area contributed by atoms with E-state index in [0.29, 0.717) is 0 Å². The van der Waals surface area contributed by atoms with Crippen molar-refractivity contribution in [2.45, 2.75) is 24.7 Å². The Morgan fingerprint density at radius 1 is 0.350 bits per heavy atom. The van der Waals surface area contributed by atoms with Crippen LogP contribution in [0.1, 0.15) is 47.2 Å². The summed E-state index contributed by atoms with van der Waals surface area (Å²) in [6.07, 6.45) is 0. The lowest BCUT2D eigenvalue weighted by atomic mass is 9.68. The van der Waals surface area contributed by atoms with Crippen LogP contribution in [-0.4, -0.2) is 0 Å². The summed E-state index contributed by atoms with van der Waals surface area (Å²) < 4.78 is 6.17. The maximum Gasteiger partial charge on any atom is 0.135 e. The predicted molar refractivity (Wildman–Crippen MR) is 249 cm³/mol. The molecule has 0 spiro atoms. The molecule has 10 aromatic rings. The average Bonchev–Trinajstić information content (AvgIpc) is 3.91. The van der Waals surface area contributed by atoms with Crippen molar-refractivity contribution in [2.24, 2.45) is 0 Å². The molecule has 0 fully saturated rings. The molecule has 0 unspecified atom stereocenters. The smallest absolute Gasteiger partial charge is 0.135 e. The first kappa shape index (κ1) is 34.6. The number of fused-ring (bicyclic) bond motifs is 9. The molecule has 0 amide bonds. The molecule has 2 heteroatoms. The van der Waals surface area contributed by atoms with Gasteiger partial charge in [0.2, 0.25) is 0 Å². The average molecular weight is 768 g/mol. The third-order valence-corrected chi connectivity index (χ3v) is 13.4. The molecule has 0 bridgehead atoms. The molecule has 0 aliphatic heterocycles. The van der Waals surface area contributed by atoms with Crippen molar-refractivity contribution in [1.29, 1.82) is 0 Å². The maximum atomic E-state index is 6.17.